The van der Waals surface area contributed by atoms with E-state index in [1.54, 1.807) is 0 Å². The fraction of sp³-hybridized carbons (Fsp3) is 0.625. The zero-order valence-corrected chi connectivity index (χ0v) is 14.9. The molecule has 1 aliphatic heterocycles. The lowest BCUT2D eigenvalue weighted by molar-refractivity contribution is 0.157. The Morgan fingerprint density at radius 3 is 2.32 bits per heavy atom. The third-order valence-electron chi connectivity index (χ3n) is 4.01. The number of hydrogen-bond acceptors (Lipinski definition) is 4. The first-order chi connectivity index (χ1) is 9.59. The molecule has 1 heterocycles. The van der Waals surface area contributed by atoms with Crippen LogP contribution in [-0.4, -0.2) is 41.3 Å². The fourth-order valence-corrected chi connectivity index (χ4v) is 2.84. The molecule has 6 heteroatoms. The average molecular weight is 351 g/mol. The van der Waals surface area contributed by atoms with Crippen LogP contribution in [0.1, 0.15) is 38.3 Å². The smallest absolute Gasteiger partial charge is 0.162 e. The second-order valence-electron chi connectivity index (χ2n) is 5.99. The maximum Gasteiger partial charge on any atom is 0.162 e. The Morgan fingerprint density at radius 1 is 1.09 bits per heavy atom. The SMILES string of the molecule is CC(C)CC[C@H](c1cccc(O)c1O)N1CCNCC1.Cl.Cl. The first kappa shape index (κ1) is 21.3. The van der Waals surface area contributed by atoms with Gasteiger partial charge in [-0.3, -0.25) is 4.90 Å². The van der Waals surface area contributed by atoms with Gasteiger partial charge in [0.1, 0.15) is 0 Å². The molecule has 0 spiro atoms. The van der Waals surface area contributed by atoms with E-state index in [1.807, 2.05) is 12.1 Å². The maximum absolute atomic E-state index is 10.2. The minimum Gasteiger partial charge on any atom is -0.504 e. The Labute approximate surface area is 145 Å². The number of phenolic OH excluding ortho intramolecular Hbond substituents is 2. The highest BCUT2D eigenvalue weighted by Gasteiger charge is 2.25. The molecule has 4 nitrogen and oxygen atoms in total. The molecule has 1 atom stereocenters. The van der Waals surface area contributed by atoms with Gasteiger partial charge in [0.05, 0.1) is 0 Å². The molecule has 1 fully saturated rings. The van der Waals surface area contributed by atoms with Gasteiger partial charge in [-0.1, -0.05) is 26.0 Å². The molecule has 22 heavy (non-hydrogen) atoms. The first-order valence-electron chi connectivity index (χ1n) is 7.55. The highest BCUT2D eigenvalue weighted by molar-refractivity contribution is 5.85. The van der Waals surface area contributed by atoms with Crippen LogP contribution in [0.5, 0.6) is 11.5 Å². The van der Waals surface area contributed by atoms with Crippen LogP contribution in [0.4, 0.5) is 0 Å². The largest absolute Gasteiger partial charge is 0.504 e. The molecule has 0 bridgehead atoms. The number of aromatic hydroxyl groups is 2. The van der Waals surface area contributed by atoms with Crippen molar-refractivity contribution in [2.75, 3.05) is 26.2 Å². The molecule has 3 N–H and O–H groups in total. The third-order valence-corrected chi connectivity index (χ3v) is 4.01. The Kier molecular flexibility index (Phi) is 9.85. The Hall–Kier alpha value is -0.680. The predicted molar refractivity (Wildman–Crippen MR) is 95.5 cm³/mol. The third kappa shape index (κ3) is 5.51. The Bertz CT molecular complexity index is 438. The number of benzene rings is 1. The topological polar surface area (TPSA) is 55.7 Å². The summed E-state index contributed by atoms with van der Waals surface area (Å²) in [6.07, 6.45) is 2.12. The van der Waals surface area contributed by atoms with Crippen LogP contribution < -0.4 is 5.32 Å². The van der Waals surface area contributed by atoms with Gasteiger partial charge in [0, 0.05) is 37.8 Å². The van der Waals surface area contributed by atoms with Crippen molar-refractivity contribution in [1.82, 2.24) is 10.2 Å². The van der Waals surface area contributed by atoms with Crippen LogP contribution in [0.2, 0.25) is 0 Å². The second-order valence-corrected chi connectivity index (χ2v) is 5.99. The molecule has 1 aromatic carbocycles. The molecular weight excluding hydrogens is 323 g/mol. The van der Waals surface area contributed by atoms with Gasteiger partial charge >= 0.3 is 0 Å². The van der Waals surface area contributed by atoms with Gasteiger partial charge in [0.15, 0.2) is 11.5 Å². The van der Waals surface area contributed by atoms with E-state index < -0.39 is 0 Å². The molecule has 128 valence electrons. The molecule has 0 amide bonds. The number of para-hydroxylation sites is 1. The quantitative estimate of drug-likeness (QED) is 0.713. The summed E-state index contributed by atoms with van der Waals surface area (Å²) < 4.78 is 0. The van der Waals surface area contributed by atoms with Crippen molar-refractivity contribution in [1.29, 1.82) is 0 Å². The summed E-state index contributed by atoms with van der Waals surface area (Å²) in [6.45, 7) is 8.37. The van der Waals surface area contributed by atoms with E-state index in [0.717, 1.165) is 44.6 Å². The van der Waals surface area contributed by atoms with Gasteiger partial charge in [0.2, 0.25) is 0 Å². The number of phenols is 2. The number of rotatable bonds is 5. The van der Waals surface area contributed by atoms with Crippen molar-refractivity contribution < 1.29 is 10.2 Å². The van der Waals surface area contributed by atoms with Crippen LogP contribution >= 0.6 is 24.8 Å². The van der Waals surface area contributed by atoms with E-state index in [-0.39, 0.29) is 42.4 Å². The van der Waals surface area contributed by atoms with Crippen molar-refractivity contribution in [3.63, 3.8) is 0 Å². The number of halogens is 2. The van der Waals surface area contributed by atoms with Gasteiger partial charge in [-0.25, -0.2) is 0 Å². The van der Waals surface area contributed by atoms with E-state index in [2.05, 4.69) is 24.1 Å². The molecule has 1 aromatic rings. The second kappa shape index (κ2) is 10.2. The van der Waals surface area contributed by atoms with Crippen molar-refractivity contribution in [2.45, 2.75) is 32.7 Å². The Morgan fingerprint density at radius 2 is 1.73 bits per heavy atom. The number of piperazine rings is 1. The number of nitrogens with one attached hydrogen (secondary N) is 1. The van der Waals surface area contributed by atoms with Gasteiger partial charge < -0.3 is 15.5 Å². The average Bonchev–Trinajstić information content (AvgIpc) is 2.44. The molecule has 0 aliphatic carbocycles. The van der Waals surface area contributed by atoms with Crippen LogP contribution in [0.25, 0.3) is 0 Å². The zero-order chi connectivity index (χ0) is 14.5. The lowest BCUT2D eigenvalue weighted by atomic mass is 9.95. The van der Waals surface area contributed by atoms with Crippen molar-refractivity contribution in [3.8, 4) is 11.5 Å². The molecular formula is C16H28Cl2N2O2. The zero-order valence-electron chi connectivity index (χ0n) is 13.3. The van der Waals surface area contributed by atoms with Crippen LogP contribution in [-0.2, 0) is 0 Å². The van der Waals surface area contributed by atoms with Gasteiger partial charge in [-0.15, -0.1) is 24.8 Å². The van der Waals surface area contributed by atoms with E-state index in [1.165, 1.54) is 6.07 Å². The van der Waals surface area contributed by atoms with Crippen LogP contribution in [0, 0.1) is 5.92 Å². The summed E-state index contributed by atoms with van der Waals surface area (Å²) in [4.78, 5) is 2.41. The van der Waals surface area contributed by atoms with E-state index in [4.69, 9.17) is 0 Å². The van der Waals surface area contributed by atoms with E-state index in [0.29, 0.717) is 5.92 Å². The van der Waals surface area contributed by atoms with Crippen LogP contribution in [0.15, 0.2) is 18.2 Å². The van der Waals surface area contributed by atoms with Gasteiger partial charge in [-0.2, -0.15) is 0 Å². The number of hydrogen-bond donors (Lipinski definition) is 3. The molecule has 2 rings (SSSR count). The molecule has 1 saturated heterocycles. The molecule has 0 unspecified atom stereocenters. The standard InChI is InChI=1S/C16H26N2O2.2ClH/c1-12(2)6-7-14(18-10-8-17-9-11-18)13-4-3-5-15(19)16(13)20;;/h3-5,12,14,17,19-20H,6-11H2,1-2H3;2*1H/t14-;;/m1../s1. The van der Waals surface area contributed by atoms with Crippen molar-refractivity contribution in [3.05, 3.63) is 23.8 Å². The highest BCUT2D eigenvalue weighted by atomic mass is 35.5. The summed E-state index contributed by atoms with van der Waals surface area (Å²) >= 11 is 0. The Balaban J connectivity index is 0.00000220. The first-order valence-corrected chi connectivity index (χ1v) is 7.55. The number of nitrogens with zero attached hydrogens (tertiary/aromatic N) is 1. The summed E-state index contributed by atoms with van der Waals surface area (Å²) in [5.41, 5.74) is 0.854. The minimum atomic E-state index is -0.0211. The van der Waals surface area contributed by atoms with Gasteiger partial charge in [-0.05, 0) is 24.8 Å². The van der Waals surface area contributed by atoms with E-state index >= 15 is 0 Å². The summed E-state index contributed by atoms with van der Waals surface area (Å²) in [5, 5.41) is 23.3. The predicted octanol–water partition coefficient (Wildman–Crippen LogP) is 3.32. The van der Waals surface area contributed by atoms with Crippen molar-refractivity contribution in [2.24, 2.45) is 5.92 Å². The summed E-state index contributed by atoms with van der Waals surface area (Å²) in [7, 11) is 0. The molecule has 1 aliphatic rings. The fourth-order valence-electron chi connectivity index (χ4n) is 2.84. The van der Waals surface area contributed by atoms with Crippen LogP contribution in [0.3, 0.4) is 0 Å². The maximum atomic E-state index is 10.2. The molecule has 0 saturated carbocycles. The lowest BCUT2D eigenvalue weighted by Gasteiger charge is -2.36. The van der Waals surface area contributed by atoms with E-state index in [9.17, 15) is 10.2 Å². The lowest BCUT2D eigenvalue weighted by Crippen LogP contribution is -2.45. The van der Waals surface area contributed by atoms with Gasteiger partial charge in [0.25, 0.3) is 0 Å². The summed E-state index contributed by atoms with van der Waals surface area (Å²) in [5.74, 6) is 0.659. The highest BCUT2D eigenvalue weighted by Crippen LogP contribution is 2.38. The molecule has 0 aromatic heterocycles. The molecule has 0 radical (unpaired) electrons. The normalized spacial score (nSPS) is 16.7. The summed E-state index contributed by atoms with van der Waals surface area (Å²) in [6, 6.07) is 5.47. The monoisotopic (exact) mass is 350 g/mol. The van der Waals surface area contributed by atoms with Crippen molar-refractivity contribution >= 4 is 24.8 Å². The minimum absolute atomic E-state index is 0.